The number of nitrogens with one attached hydrogen (secondary N) is 1. The Balaban J connectivity index is 2.26. The Morgan fingerprint density at radius 1 is 1.60 bits per heavy atom. The lowest BCUT2D eigenvalue weighted by Crippen LogP contribution is -2.16. The SMILES string of the molecule is CCc1cc(=O)[nH]c(C2CCCCS2)n1. The van der Waals surface area contributed by atoms with Crippen molar-refractivity contribution in [2.75, 3.05) is 5.75 Å². The molecule has 2 heterocycles. The average molecular weight is 224 g/mol. The fourth-order valence-electron chi connectivity index (χ4n) is 1.82. The van der Waals surface area contributed by atoms with E-state index >= 15 is 0 Å². The average Bonchev–Trinajstić information content (AvgIpc) is 2.29. The molecule has 0 aliphatic carbocycles. The number of aromatic nitrogens is 2. The molecule has 0 spiro atoms. The molecule has 1 N–H and O–H groups in total. The molecule has 1 atom stereocenters. The summed E-state index contributed by atoms with van der Waals surface area (Å²) in [6.07, 6.45) is 4.51. The molecule has 1 unspecified atom stereocenters. The summed E-state index contributed by atoms with van der Waals surface area (Å²) < 4.78 is 0. The van der Waals surface area contributed by atoms with Gasteiger partial charge >= 0.3 is 0 Å². The van der Waals surface area contributed by atoms with Gasteiger partial charge in [0.1, 0.15) is 5.82 Å². The van der Waals surface area contributed by atoms with Crippen LogP contribution in [0.1, 0.15) is 43.0 Å². The van der Waals surface area contributed by atoms with Gasteiger partial charge in [0.05, 0.1) is 5.25 Å². The zero-order valence-corrected chi connectivity index (χ0v) is 9.77. The number of hydrogen-bond acceptors (Lipinski definition) is 3. The first kappa shape index (κ1) is 10.7. The Morgan fingerprint density at radius 2 is 2.47 bits per heavy atom. The minimum absolute atomic E-state index is 0.0111. The molecule has 0 bridgehead atoms. The van der Waals surface area contributed by atoms with Crippen LogP contribution in [0.25, 0.3) is 0 Å². The van der Waals surface area contributed by atoms with E-state index in [9.17, 15) is 4.79 Å². The quantitative estimate of drug-likeness (QED) is 0.838. The fourth-order valence-corrected chi connectivity index (χ4v) is 3.08. The van der Waals surface area contributed by atoms with E-state index in [4.69, 9.17) is 0 Å². The van der Waals surface area contributed by atoms with Crippen molar-refractivity contribution in [1.82, 2.24) is 9.97 Å². The highest BCUT2D eigenvalue weighted by Crippen LogP contribution is 2.36. The van der Waals surface area contributed by atoms with E-state index in [0.717, 1.165) is 24.4 Å². The van der Waals surface area contributed by atoms with Crippen LogP contribution in [0.2, 0.25) is 0 Å². The Hall–Kier alpha value is -0.770. The zero-order valence-electron chi connectivity index (χ0n) is 8.95. The summed E-state index contributed by atoms with van der Waals surface area (Å²) in [5.41, 5.74) is 0.892. The lowest BCUT2D eigenvalue weighted by atomic mass is 10.2. The highest BCUT2D eigenvalue weighted by atomic mass is 32.2. The molecular formula is C11H16N2OS. The maximum absolute atomic E-state index is 11.4. The molecule has 3 nitrogen and oxygen atoms in total. The molecule has 15 heavy (non-hydrogen) atoms. The third-order valence-electron chi connectivity index (χ3n) is 2.66. The number of nitrogens with zero attached hydrogens (tertiary/aromatic N) is 1. The van der Waals surface area contributed by atoms with E-state index in [1.807, 2.05) is 18.7 Å². The van der Waals surface area contributed by atoms with E-state index in [2.05, 4.69) is 9.97 Å². The summed E-state index contributed by atoms with van der Waals surface area (Å²) in [6, 6.07) is 1.59. The fraction of sp³-hybridized carbons (Fsp3) is 0.636. The Bertz CT molecular complexity index is 382. The lowest BCUT2D eigenvalue weighted by Gasteiger charge is -2.20. The third kappa shape index (κ3) is 2.62. The van der Waals surface area contributed by atoms with Crippen molar-refractivity contribution in [3.05, 3.63) is 27.9 Å². The summed E-state index contributed by atoms with van der Waals surface area (Å²) >= 11 is 1.91. The van der Waals surface area contributed by atoms with Gasteiger partial charge in [-0.3, -0.25) is 4.79 Å². The number of aryl methyl sites for hydroxylation is 1. The van der Waals surface area contributed by atoms with Crippen LogP contribution in [0.15, 0.2) is 10.9 Å². The second kappa shape index (κ2) is 4.84. The molecule has 4 heteroatoms. The van der Waals surface area contributed by atoms with Crippen LogP contribution in [0.3, 0.4) is 0 Å². The molecule has 0 radical (unpaired) electrons. The van der Waals surface area contributed by atoms with Crippen molar-refractivity contribution in [3.63, 3.8) is 0 Å². The van der Waals surface area contributed by atoms with Crippen LogP contribution in [0.4, 0.5) is 0 Å². The summed E-state index contributed by atoms with van der Waals surface area (Å²) in [5, 5.41) is 0.401. The van der Waals surface area contributed by atoms with Gasteiger partial charge in [0, 0.05) is 11.8 Å². The van der Waals surface area contributed by atoms with Crippen molar-refractivity contribution >= 4 is 11.8 Å². The van der Waals surface area contributed by atoms with Gasteiger partial charge in [-0.1, -0.05) is 13.3 Å². The molecule has 1 aromatic rings. The van der Waals surface area contributed by atoms with Crippen molar-refractivity contribution in [2.45, 2.75) is 37.9 Å². The summed E-state index contributed by atoms with van der Waals surface area (Å²) in [5.74, 6) is 2.06. The minimum Gasteiger partial charge on any atom is -0.310 e. The number of H-pyrrole nitrogens is 1. The van der Waals surface area contributed by atoms with E-state index in [-0.39, 0.29) is 5.56 Å². The van der Waals surface area contributed by atoms with Crippen LogP contribution in [-0.2, 0) is 6.42 Å². The largest absolute Gasteiger partial charge is 0.310 e. The van der Waals surface area contributed by atoms with Crippen molar-refractivity contribution in [1.29, 1.82) is 0 Å². The lowest BCUT2D eigenvalue weighted by molar-refractivity contribution is 0.656. The molecule has 0 saturated carbocycles. The first-order valence-corrected chi connectivity index (χ1v) is 6.56. The van der Waals surface area contributed by atoms with Gasteiger partial charge in [-0.25, -0.2) is 4.98 Å². The predicted octanol–water partition coefficient (Wildman–Crippen LogP) is 2.29. The molecule has 0 aromatic carbocycles. The molecule has 2 rings (SSSR count). The maximum atomic E-state index is 11.4. The van der Waals surface area contributed by atoms with E-state index in [0.29, 0.717) is 5.25 Å². The van der Waals surface area contributed by atoms with Gasteiger partial charge in [-0.05, 0) is 25.0 Å². The van der Waals surface area contributed by atoms with Gasteiger partial charge in [0.25, 0.3) is 5.56 Å². The van der Waals surface area contributed by atoms with Crippen LogP contribution >= 0.6 is 11.8 Å². The van der Waals surface area contributed by atoms with Crippen LogP contribution < -0.4 is 5.56 Å². The van der Waals surface area contributed by atoms with Gasteiger partial charge in [0.2, 0.25) is 0 Å². The third-order valence-corrected chi connectivity index (χ3v) is 4.05. The smallest absolute Gasteiger partial charge is 0.251 e. The second-order valence-electron chi connectivity index (χ2n) is 3.83. The minimum atomic E-state index is -0.0111. The number of thioether (sulfide) groups is 1. The first-order valence-electron chi connectivity index (χ1n) is 5.51. The molecular weight excluding hydrogens is 208 g/mol. The predicted molar refractivity (Wildman–Crippen MR) is 63.3 cm³/mol. The molecule has 1 aromatic heterocycles. The molecule has 0 amide bonds. The van der Waals surface area contributed by atoms with Crippen molar-refractivity contribution in [3.8, 4) is 0 Å². The van der Waals surface area contributed by atoms with E-state index < -0.39 is 0 Å². The summed E-state index contributed by atoms with van der Waals surface area (Å²) in [4.78, 5) is 18.8. The Morgan fingerprint density at radius 3 is 3.13 bits per heavy atom. The molecule has 1 aliphatic rings. The highest BCUT2D eigenvalue weighted by molar-refractivity contribution is 7.99. The molecule has 82 valence electrons. The maximum Gasteiger partial charge on any atom is 0.251 e. The van der Waals surface area contributed by atoms with Crippen LogP contribution in [-0.4, -0.2) is 15.7 Å². The summed E-state index contributed by atoms with van der Waals surface area (Å²) in [7, 11) is 0. The molecule has 1 aliphatic heterocycles. The molecule has 1 saturated heterocycles. The highest BCUT2D eigenvalue weighted by Gasteiger charge is 2.18. The topological polar surface area (TPSA) is 45.8 Å². The normalized spacial score (nSPS) is 21.5. The van der Waals surface area contributed by atoms with Gasteiger partial charge in [-0.2, -0.15) is 11.8 Å². The van der Waals surface area contributed by atoms with Crippen molar-refractivity contribution < 1.29 is 0 Å². The van der Waals surface area contributed by atoms with Crippen LogP contribution in [0.5, 0.6) is 0 Å². The monoisotopic (exact) mass is 224 g/mol. The second-order valence-corrected chi connectivity index (χ2v) is 5.14. The zero-order chi connectivity index (χ0) is 10.7. The number of hydrogen-bond donors (Lipinski definition) is 1. The van der Waals surface area contributed by atoms with E-state index in [1.54, 1.807) is 6.07 Å². The van der Waals surface area contributed by atoms with E-state index in [1.165, 1.54) is 18.6 Å². The standard InChI is InChI=1S/C11H16N2OS/c1-2-8-7-10(14)13-11(12-8)9-5-3-4-6-15-9/h7,9H,2-6H2,1H3,(H,12,13,14). The van der Waals surface area contributed by atoms with Crippen molar-refractivity contribution in [2.24, 2.45) is 0 Å². The van der Waals surface area contributed by atoms with Crippen LogP contribution in [0, 0.1) is 0 Å². The van der Waals surface area contributed by atoms with Gasteiger partial charge < -0.3 is 4.98 Å². The van der Waals surface area contributed by atoms with Gasteiger partial charge in [0.15, 0.2) is 0 Å². The number of aromatic amines is 1. The number of rotatable bonds is 2. The Labute approximate surface area is 93.7 Å². The summed E-state index contributed by atoms with van der Waals surface area (Å²) in [6.45, 7) is 2.03. The van der Waals surface area contributed by atoms with Gasteiger partial charge in [-0.15, -0.1) is 0 Å². The molecule has 1 fully saturated rings. The Kier molecular flexibility index (Phi) is 3.46. The first-order chi connectivity index (χ1) is 7.29.